The Morgan fingerprint density at radius 1 is 1.26 bits per heavy atom. The zero-order valence-corrected chi connectivity index (χ0v) is 11.0. The van der Waals surface area contributed by atoms with E-state index in [0.29, 0.717) is 12.6 Å². The maximum atomic E-state index is 12.5. The molecule has 0 aliphatic heterocycles. The molecule has 106 valence electrons. The van der Waals surface area contributed by atoms with E-state index in [1.165, 1.54) is 11.9 Å². The van der Waals surface area contributed by atoms with E-state index in [0.717, 1.165) is 18.4 Å². The number of likely N-dealkylation sites (N-methyl/N-ethyl adjacent to an activating group) is 1. The van der Waals surface area contributed by atoms with Gasteiger partial charge in [-0.15, -0.1) is 0 Å². The first-order valence-electron chi connectivity index (χ1n) is 6.51. The number of rotatable bonds is 6. The van der Waals surface area contributed by atoms with E-state index in [2.05, 4.69) is 5.32 Å². The van der Waals surface area contributed by atoms with Gasteiger partial charge >= 0.3 is 6.18 Å². The van der Waals surface area contributed by atoms with Crippen LogP contribution >= 0.6 is 0 Å². The van der Waals surface area contributed by atoms with Crippen molar-refractivity contribution in [1.29, 1.82) is 0 Å². The Kier molecular flexibility index (Phi) is 4.47. The largest absolute Gasteiger partial charge is 0.401 e. The number of hydrogen-bond acceptors (Lipinski definition) is 2. The van der Waals surface area contributed by atoms with Gasteiger partial charge in [0, 0.05) is 18.6 Å². The topological polar surface area (TPSA) is 15.3 Å². The second kappa shape index (κ2) is 5.92. The van der Waals surface area contributed by atoms with Gasteiger partial charge in [0.15, 0.2) is 0 Å². The highest BCUT2D eigenvalue weighted by Gasteiger charge is 2.33. The molecule has 19 heavy (non-hydrogen) atoms. The predicted octanol–water partition coefficient (Wildman–Crippen LogP) is 2.97. The summed E-state index contributed by atoms with van der Waals surface area (Å²) in [6, 6.07) is 9.60. The summed E-state index contributed by atoms with van der Waals surface area (Å²) in [5.74, 6) is 0. The van der Waals surface area contributed by atoms with Crippen LogP contribution in [-0.4, -0.2) is 37.3 Å². The van der Waals surface area contributed by atoms with Gasteiger partial charge in [0.2, 0.25) is 0 Å². The number of alkyl halides is 3. The molecule has 0 heterocycles. The van der Waals surface area contributed by atoms with Crippen molar-refractivity contribution in [3.05, 3.63) is 35.9 Å². The van der Waals surface area contributed by atoms with Crippen molar-refractivity contribution >= 4 is 0 Å². The maximum Gasteiger partial charge on any atom is 0.401 e. The summed E-state index contributed by atoms with van der Waals surface area (Å²) in [5.41, 5.74) is 0.919. The van der Waals surface area contributed by atoms with Crippen molar-refractivity contribution in [2.45, 2.75) is 31.1 Å². The molecular formula is C14H19F3N2. The van der Waals surface area contributed by atoms with Gasteiger partial charge in [-0.3, -0.25) is 4.90 Å². The third-order valence-corrected chi connectivity index (χ3v) is 3.32. The Bertz CT molecular complexity index is 387. The molecule has 1 atom stereocenters. The number of nitrogens with one attached hydrogen (secondary N) is 1. The van der Waals surface area contributed by atoms with E-state index >= 15 is 0 Å². The number of halogens is 3. The maximum absolute atomic E-state index is 12.5. The molecule has 1 aliphatic rings. The van der Waals surface area contributed by atoms with E-state index in [9.17, 15) is 13.2 Å². The van der Waals surface area contributed by atoms with Crippen LogP contribution in [0.5, 0.6) is 0 Å². The van der Waals surface area contributed by atoms with Crippen molar-refractivity contribution in [3.8, 4) is 0 Å². The minimum Gasteiger partial charge on any atom is -0.312 e. The Morgan fingerprint density at radius 2 is 1.89 bits per heavy atom. The molecular weight excluding hydrogens is 253 g/mol. The molecule has 1 unspecified atom stereocenters. The molecule has 0 saturated heterocycles. The second-order valence-corrected chi connectivity index (χ2v) is 5.14. The van der Waals surface area contributed by atoms with Crippen LogP contribution in [0.3, 0.4) is 0 Å². The molecule has 1 aromatic carbocycles. The predicted molar refractivity (Wildman–Crippen MR) is 68.9 cm³/mol. The molecule has 0 bridgehead atoms. The average Bonchev–Trinajstić information content (AvgIpc) is 3.12. The smallest absolute Gasteiger partial charge is 0.312 e. The highest BCUT2D eigenvalue weighted by Crippen LogP contribution is 2.26. The van der Waals surface area contributed by atoms with Gasteiger partial charge in [-0.25, -0.2) is 0 Å². The van der Waals surface area contributed by atoms with Gasteiger partial charge in [0.05, 0.1) is 6.54 Å². The van der Waals surface area contributed by atoms with E-state index in [-0.39, 0.29) is 6.04 Å². The Morgan fingerprint density at radius 3 is 2.42 bits per heavy atom. The van der Waals surface area contributed by atoms with Crippen molar-refractivity contribution in [2.24, 2.45) is 0 Å². The Labute approximate surface area is 111 Å². The lowest BCUT2D eigenvalue weighted by molar-refractivity contribution is -0.147. The number of hydrogen-bond donors (Lipinski definition) is 1. The van der Waals surface area contributed by atoms with Crippen LogP contribution in [0, 0.1) is 0 Å². The van der Waals surface area contributed by atoms with Crippen LogP contribution in [-0.2, 0) is 0 Å². The lowest BCUT2D eigenvalue weighted by Gasteiger charge is -2.29. The van der Waals surface area contributed by atoms with Crippen molar-refractivity contribution < 1.29 is 13.2 Å². The highest BCUT2D eigenvalue weighted by atomic mass is 19.4. The van der Waals surface area contributed by atoms with Gasteiger partial charge in [-0.05, 0) is 25.5 Å². The fourth-order valence-corrected chi connectivity index (χ4v) is 2.16. The summed E-state index contributed by atoms with van der Waals surface area (Å²) < 4.78 is 37.6. The lowest BCUT2D eigenvalue weighted by Crippen LogP contribution is -2.39. The molecule has 0 amide bonds. The summed E-state index contributed by atoms with van der Waals surface area (Å²) in [6.45, 7) is -0.333. The molecule has 2 rings (SSSR count). The van der Waals surface area contributed by atoms with Crippen LogP contribution in [0.15, 0.2) is 30.3 Å². The monoisotopic (exact) mass is 272 g/mol. The molecule has 1 aliphatic carbocycles. The van der Waals surface area contributed by atoms with Crippen LogP contribution in [0.25, 0.3) is 0 Å². The standard InChI is InChI=1S/C14H19F3N2/c1-19(10-14(15,16)17)13(9-18-12-7-8-12)11-5-3-2-4-6-11/h2-6,12-13,18H,7-10H2,1H3. The zero-order chi connectivity index (χ0) is 13.9. The highest BCUT2D eigenvalue weighted by molar-refractivity contribution is 5.19. The van der Waals surface area contributed by atoms with Crippen molar-refractivity contribution in [2.75, 3.05) is 20.1 Å². The average molecular weight is 272 g/mol. The van der Waals surface area contributed by atoms with Gasteiger partial charge < -0.3 is 5.32 Å². The second-order valence-electron chi connectivity index (χ2n) is 5.14. The van der Waals surface area contributed by atoms with Crippen LogP contribution in [0.1, 0.15) is 24.4 Å². The van der Waals surface area contributed by atoms with E-state index in [1.807, 2.05) is 30.3 Å². The SMILES string of the molecule is CN(CC(F)(F)F)C(CNC1CC1)c1ccccc1. The molecule has 0 aromatic heterocycles. The molecule has 1 fully saturated rings. The van der Waals surface area contributed by atoms with Gasteiger partial charge in [0.25, 0.3) is 0 Å². The Hall–Kier alpha value is -1.07. The van der Waals surface area contributed by atoms with Gasteiger partial charge in [-0.1, -0.05) is 30.3 Å². The molecule has 1 saturated carbocycles. The summed E-state index contributed by atoms with van der Waals surface area (Å²) in [6.07, 6.45) is -1.91. The summed E-state index contributed by atoms with van der Waals surface area (Å²) >= 11 is 0. The van der Waals surface area contributed by atoms with Gasteiger partial charge in [0.1, 0.15) is 0 Å². The third kappa shape index (κ3) is 4.84. The van der Waals surface area contributed by atoms with E-state index in [1.54, 1.807) is 0 Å². The first-order chi connectivity index (χ1) is 8.96. The lowest BCUT2D eigenvalue weighted by atomic mass is 10.1. The first kappa shape index (κ1) is 14.3. The third-order valence-electron chi connectivity index (χ3n) is 3.32. The van der Waals surface area contributed by atoms with Crippen molar-refractivity contribution in [1.82, 2.24) is 10.2 Å². The zero-order valence-electron chi connectivity index (χ0n) is 11.0. The van der Waals surface area contributed by atoms with E-state index < -0.39 is 12.7 Å². The Balaban J connectivity index is 2.04. The van der Waals surface area contributed by atoms with Crippen LogP contribution < -0.4 is 5.32 Å². The van der Waals surface area contributed by atoms with Crippen molar-refractivity contribution in [3.63, 3.8) is 0 Å². The van der Waals surface area contributed by atoms with Gasteiger partial charge in [-0.2, -0.15) is 13.2 Å². The number of nitrogens with zero attached hydrogens (tertiary/aromatic N) is 1. The molecule has 1 N–H and O–H groups in total. The van der Waals surface area contributed by atoms with Crippen LogP contribution in [0.2, 0.25) is 0 Å². The molecule has 2 nitrogen and oxygen atoms in total. The molecule has 5 heteroatoms. The molecule has 1 aromatic rings. The fraction of sp³-hybridized carbons (Fsp3) is 0.571. The number of benzene rings is 1. The molecule has 0 radical (unpaired) electrons. The summed E-state index contributed by atoms with van der Waals surface area (Å²) in [5, 5.41) is 3.31. The normalized spacial score (nSPS) is 17.7. The fourth-order valence-electron chi connectivity index (χ4n) is 2.16. The summed E-state index contributed by atoms with van der Waals surface area (Å²) in [7, 11) is 1.53. The minimum atomic E-state index is -4.17. The summed E-state index contributed by atoms with van der Waals surface area (Å²) in [4.78, 5) is 1.37. The molecule has 0 spiro atoms. The minimum absolute atomic E-state index is 0.247. The van der Waals surface area contributed by atoms with E-state index in [4.69, 9.17) is 0 Å². The van der Waals surface area contributed by atoms with Crippen LogP contribution in [0.4, 0.5) is 13.2 Å². The first-order valence-corrected chi connectivity index (χ1v) is 6.51. The quantitative estimate of drug-likeness (QED) is 0.856.